The lowest BCUT2D eigenvalue weighted by Gasteiger charge is -2.14. The van der Waals surface area contributed by atoms with Gasteiger partial charge >= 0.3 is 5.97 Å². The molecule has 1 aliphatic heterocycles. The molecule has 2 N–H and O–H groups in total. The number of ether oxygens (including phenoxy) is 2. The molecular weight excluding hydrogens is 438 g/mol. The Morgan fingerprint density at radius 2 is 2.18 bits per heavy atom. The van der Waals surface area contributed by atoms with Gasteiger partial charge in [-0.3, -0.25) is 4.79 Å². The van der Waals surface area contributed by atoms with Crippen molar-refractivity contribution in [3.05, 3.63) is 53.1 Å². The van der Waals surface area contributed by atoms with Crippen molar-refractivity contribution in [1.29, 1.82) is 5.26 Å². The van der Waals surface area contributed by atoms with E-state index < -0.39 is 5.97 Å². The monoisotopic (exact) mass is 463 g/mol. The highest BCUT2D eigenvalue weighted by molar-refractivity contribution is 5.68. The topological polar surface area (TPSA) is 134 Å². The summed E-state index contributed by atoms with van der Waals surface area (Å²) in [6.45, 7) is 2.54. The zero-order chi connectivity index (χ0) is 23.9. The maximum Gasteiger partial charge on any atom is 0.304 e. The zero-order valence-corrected chi connectivity index (χ0v) is 18.8. The molecule has 34 heavy (non-hydrogen) atoms. The van der Waals surface area contributed by atoms with Gasteiger partial charge < -0.3 is 29.3 Å². The lowest BCUT2D eigenvalue weighted by molar-refractivity contribution is -0.136. The fraction of sp³-hybridized carbons (Fsp3) is 0.333. The van der Waals surface area contributed by atoms with Crippen LogP contribution in [-0.2, 0) is 22.5 Å². The number of benzene rings is 2. The summed E-state index contributed by atoms with van der Waals surface area (Å²) in [5.74, 6) is 0.444. The number of carbonyl (C=O) groups is 1. The molecule has 2 aromatic carbocycles. The molecule has 10 heteroatoms. The van der Waals surface area contributed by atoms with Crippen LogP contribution in [0.2, 0.25) is 0 Å². The summed E-state index contributed by atoms with van der Waals surface area (Å²) < 4.78 is 16.1. The van der Waals surface area contributed by atoms with E-state index in [1.54, 1.807) is 25.3 Å². The Morgan fingerprint density at radius 1 is 1.29 bits per heavy atom. The summed E-state index contributed by atoms with van der Waals surface area (Å²) in [7, 11) is 1.59. The molecule has 0 unspecified atom stereocenters. The minimum Gasteiger partial charge on any atom is -0.490 e. The van der Waals surface area contributed by atoms with E-state index in [1.807, 2.05) is 17.0 Å². The molecular formula is C24H25N5O5. The smallest absolute Gasteiger partial charge is 0.304 e. The summed E-state index contributed by atoms with van der Waals surface area (Å²) in [5, 5.41) is 25.5. The average molecular weight is 463 g/mol. The number of aliphatic carboxylic acids is 1. The minimum atomic E-state index is -0.813. The third kappa shape index (κ3) is 5.33. The van der Waals surface area contributed by atoms with Crippen molar-refractivity contribution in [3.63, 3.8) is 0 Å². The molecule has 3 aromatic rings. The summed E-state index contributed by atoms with van der Waals surface area (Å²) in [6.07, 6.45) is 0.937. The third-order valence-electron chi connectivity index (χ3n) is 5.43. The zero-order valence-electron chi connectivity index (χ0n) is 18.8. The first-order valence-corrected chi connectivity index (χ1v) is 10.9. The molecule has 1 aromatic heterocycles. The molecule has 0 atom stereocenters. The van der Waals surface area contributed by atoms with E-state index in [4.69, 9.17) is 19.1 Å². The average Bonchev–Trinajstić information content (AvgIpc) is 3.49. The maximum absolute atomic E-state index is 10.6. The highest BCUT2D eigenvalue weighted by Crippen LogP contribution is 2.35. The molecule has 0 amide bonds. The van der Waals surface area contributed by atoms with Gasteiger partial charge in [-0.25, -0.2) is 0 Å². The number of anilines is 2. The van der Waals surface area contributed by atoms with Crippen molar-refractivity contribution in [2.75, 3.05) is 38.3 Å². The molecule has 0 bridgehead atoms. The molecule has 1 aliphatic rings. The number of hydrogen-bond acceptors (Lipinski definition) is 9. The van der Waals surface area contributed by atoms with Gasteiger partial charge in [0.15, 0.2) is 0 Å². The van der Waals surface area contributed by atoms with Gasteiger partial charge in [-0.05, 0) is 47.0 Å². The van der Waals surface area contributed by atoms with E-state index in [2.05, 4.69) is 27.6 Å². The first-order chi connectivity index (χ1) is 16.6. The van der Waals surface area contributed by atoms with E-state index in [0.717, 1.165) is 24.2 Å². The van der Waals surface area contributed by atoms with Gasteiger partial charge in [0.25, 0.3) is 11.8 Å². The largest absolute Gasteiger partial charge is 0.490 e. The van der Waals surface area contributed by atoms with Gasteiger partial charge in [0, 0.05) is 38.0 Å². The van der Waals surface area contributed by atoms with Crippen LogP contribution in [0.3, 0.4) is 0 Å². The van der Waals surface area contributed by atoms with Crippen molar-refractivity contribution in [1.82, 2.24) is 15.5 Å². The lowest BCUT2D eigenvalue weighted by atomic mass is 10.1. The van der Waals surface area contributed by atoms with Crippen molar-refractivity contribution in [2.45, 2.75) is 19.4 Å². The number of carboxylic acids is 1. The molecule has 0 saturated carbocycles. The van der Waals surface area contributed by atoms with Crippen LogP contribution in [0.25, 0.3) is 11.5 Å². The highest BCUT2D eigenvalue weighted by Gasteiger charge is 2.25. The number of nitrogens with zero attached hydrogens (tertiary/aromatic N) is 4. The number of nitrogens with one attached hydrogen (secondary N) is 1. The summed E-state index contributed by atoms with van der Waals surface area (Å²) in [5.41, 5.74) is 4.30. The molecule has 10 nitrogen and oxygen atoms in total. The Balaban J connectivity index is 1.45. The Hall–Kier alpha value is -3.94. The van der Waals surface area contributed by atoms with E-state index in [0.29, 0.717) is 55.0 Å². The summed E-state index contributed by atoms with van der Waals surface area (Å²) in [4.78, 5) is 17.2. The van der Waals surface area contributed by atoms with Crippen LogP contribution in [0.4, 0.5) is 11.6 Å². The van der Waals surface area contributed by atoms with Crippen LogP contribution in [0.15, 0.2) is 40.9 Å². The Labute approximate surface area is 196 Å². The summed E-state index contributed by atoms with van der Waals surface area (Å²) in [6, 6.07) is 13.4. The molecule has 176 valence electrons. The quantitative estimate of drug-likeness (QED) is 0.409. The van der Waals surface area contributed by atoms with E-state index in [-0.39, 0.29) is 6.42 Å². The number of aromatic nitrogens is 2. The number of methoxy groups -OCH3 is 1. The van der Waals surface area contributed by atoms with Gasteiger partial charge in [0.2, 0.25) is 0 Å². The Bertz CT molecular complexity index is 1200. The number of fused-ring (bicyclic) bond motifs is 1. The van der Waals surface area contributed by atoms with Crippen molar-refractivity contribution < 1.29 is 23.9 Å². The van der Waals surface area contributed by atoms with Crippen molar-refractivity contribution in [3.8, 4) is 23.3 Å². The molecule has 4 rings (SSSR count). The number of rotatable bonds is 11. The Morgan fingerprint density at radius 3 is 2.97 bits per heavy atom. The maximum atomic E-state index is 10.6. The van der Waals surface area contributed by atoms with Crippen LogP contribution in [0, 0.1) is 11.3 Å². The molecule has 0 spiro atoms. The fourth-order valence-corrected chi connectivity index (χ4v) is 3.75. The number of carboxylic acid groups (broad SMARTS) is 1. The lowest BCUT2D eigenvalue weighted by Crippen LogP contribution is -2.17. The molecule has 2 heterocycles. The molecule has 0 radical (unpaired) electrons. The van der Waals surface area contributed by atoms with Gasteiger partial charge in [-0.1, -0.05) is 12.1 Å². The molecule has 0 fully saturated rings. The first kappa shape index (κ1) is 23.2. The van der Waals surface area contributed by atoms with Crippen LogP contribution < -0.4 is 15.0 Å². The molecule has 0 saturated heterocycles. The third-order valence-corrected chi connectivity index (χ3v) is 5.43. The molecule has 0 aliphatic carbocycles. The Kier molecular flexibility index (Phi) is 7.37. The van der Waals surface area contributed by atoms with E-state index in [1.165, 1.54) is 5.56 Å². The standard InChI is InChI=1S/C24H25N5O5/c1-32-10-11-33-21-5-3-18(13-19(21)14-25)23-27-24(28-34-23)29-9-7-17-12-16(2-4-20(17)29)15-26-8-6-22(30)31/h2-5,12-13,26H,6-11,15H2,1H3,(H,30,31). The van der Waals surface area contributed by atoms with Gasteiger partial charge in [-0.2, -0.15) is 10.2 Å². The van der Waals surface area contributed by atoms with E-state index >= 15 is 0 Å². The van der Waals surface area contributed by atoms with Crippen LogP contribution in [-0.4, -0.2) is 54.6 Å². The first-order valence-electron chi connectivity index (χ1n) is 10.9. The van der Waals surface area contributed by atoms with Crippen molar-refractivity contribution >= 4 is 17.6 Å². The SMILES string of the molecule is COCCOc1ccc(-c2nc(N3CCc4cc(CNCCC(=O)O)ccc43)no2)cc1C#N. The van der Waals surface area contributed by atoms with E-state index in [9.17, 15) is 10.1 Å². The normalized spacial score (nSPS) is 12.4. The number of hydrogen-bond donors (Lipinski definition) is 2. The predicted octanol–water partition coefficient (Wildman–Crippen LogP) is 2.89. The highest BCUT2D eigenvalue weighted by atomic mass is 16.5. The second kappa shape index (κ2) is 10.8. The van der Waals surface area contributed by atoms with Gasteiger partial charge in [0.1, 0.15) is 18.4 Å². The summed E-state index contributed by atoms with van der Waals surface area (Å²) >= 11 is 0. The van der Waals surface area contributed by atoms with Gasteiger partial charge in [-0.15, -0.1) is 0 Å². The predicted molar refractivity (Wildman–Crippen MR) is 123 cm³/mol. The number of nitriles is 1. The van der Waals surface area contributed by atoms with Crippen LogP contribution >= 0.6 is 0 Å². The second-order valence-electron chi connectivity index (χ2n) is 7.75. The fourth-order valence-electron chi connectivity index (χ4n) is 3.75. The van der Waals surface area contributed by atoms with Crippen LogP contribution in [0.5, 0.6) is 5.75 Å². The van der Waals surface area contributed by atoms with Crippen molar-refractivity contribution in [2.24, 2.45) is 0 Å². The minimum absolute atomic E-state index is 0.0955. The van der Waals surface area contributed by atoms with Crippen LogP contribution in [0.1, 0.15) is 23.1 Å². The van der Waals surface area contributed by atoms with Gasteiger partial charge in [0.05, 0.1) is 18.6 Å². The second-order valence-corrected chi connectivity index (χ2v) is 7.75.